The molecule has 3 heteroatoms. The molecule has 86 valence electrons. The van der Waals surface area contributed by atoms with Gasteiger partial charge in [-0.25, -0.2) is 0 Å². The van der Waals surface area contributed by atoms with Crippen LogP contribution in [0.4, 0.5) is 0 Å². The Kier molecular flexibility index (Phi) is 6.33. The fourth-order valence-corrected chi connectivity index (χ4v) is 1.87. The second-order valence-corrected chi connectivity index (χ2v) is 4.24. The van der Waals surface area contributed by atoms with E-state index in [1.54, 1.807) is 0 Å². The van der Waals surface area contributed by atoms with Crippen LogP contribution in [0.5, 0.6) is 0 Å². The summed E-state index contributed by atoms with van der Waals surface area (Å²) in [6, 6.07) is 0.509. The van der Waals surface area contributed by atoms with Crippen molar-refractivity contribution < 1.29 is 5.11 Å². The number of aliphatic hydroxyl groups excluding tert-OH is 1. The van der Waals surface area contributed by atoms with Crippen LogP contribution >= 0.6 is 0 Å². The third-order valence-corrected chi connectivity index (χ3v) is 3.13. The molecule has 0 saturated heterocycles. The Morgan fingerprint density at radius 2 is 1.86 bits per heavy atom. The van der Waals surface area contributed by atoms with Gasteiger partial charge in [0.05, 0.1) is 6.61 Å². The van der Waals surface area contributed by atoms with E-state index in [4.69, 9.17) is 0 Å². The lowest BCUT2D eigenvalue weighted by molar-refractivity contribution is 0.125. The maximum absolute atomic E-state index is 9.28. The van der Waals surface area contributed by atoms with Gasteiger partial charge in [0.1, 0.15) is 0 Å². The number of aliphatic hydroxyl groups is 1. The minimum absolute atomic E-state index is 0.151. The molecule has 0 aromatic heterocycles. The lowest BCUT2D eigenvalue weighted by Gasteiger charge is -2.35. The van der Waals surface area contributed by atoms with Crippen LogP contribution in [0.15, 0.2) is 0 Å². The zero-order valence-electron chi connectivity index (χ0n) is 10.3. The van der Waals surface area contributed by atoms with E-state index in [0.717, 1.165) is 19.5 Å². The largest absolute Gasteiger partial charge is 0.394 e. The van der Waals surface area contributed by atoms with Crippen LogP contribution in [0.25, 0.3) is 0 Å². The van der Waals surface area contributed by atoms with Gasteiger partial charge in [-0.3, -0.25) is 0 Å². The molecule has 0 fully saturated rings. The van der Waals surface area contributed by atoms with Crippen LogP contribution in [0.2, 0.25) is 0 Å². The Hall–Kier alpha value is -0.120. The van der Waals surface area contributed by atoms with Crippen molar-refractivity contribution in [1.82, 2.24) is 10.2 Å². The van der Waals surface area contributed by atoms with E-state index in [1.165, 1.54) is 0 Å². The lowest BCUT2D eigenvalue weighted by atomic mass is 9.94. The van der Waals surface area contributed by atoms with Gasteiger partial charge in [-0.2, -0.15) is 0 Å². The summed E-state index contributed by atoms with van der Waals surface area (Å²) in [6.07, 6.45) is 0.974. The highest BCUT2D eigenvalue weighted by Gasteiger charge is 2.25. The van der Waals surface area contributed by atoms with Crippen LogP contribution in [0.3, 0.4) is 0 Å². The quantitative estimate of drug-likeness (QED) is 0.648. The van der Waals surface area contributed by atoms with Crippen molar-refractivity contribution in [3.63, 3.8) is 0 Å². The van der Waals surface area contributed by atoms with Crippen molar-refractivity contribution in [2.75, 3.05) is 26.7 Å². The predicted molar refractivity (Wildman–Crippen MR) is 61.6 cm³/mol. The molecule has 0 amide bonds. The summed E-state index contributed by atoms with van der Waals surface area (Å²) in [5.41, 5.74) is -0.151. The summed E-state index contributed by atoms with van der Waals surface area (Å²) >= 11 is 0. The summed E-state index contributed by atoms with van der Waals surface area (Å²) in [7, 11) is 1.91. The van der Waals surface area contributed by atoms with E-state index >= 15 is 0 Å². The van der Waals surface area contributed by atoms with E-state index in [9.17, 15) is 5.11 Å². The molecule has 0 heterocycles. The normalized spacial score (nSPS) is 18.2. The third kappa shape index (κ3) is 3.95. The zero-order chi connectivity index (χ0) is 11.2. The Balaban J connectivity index is 4.20. The van der Waals surface area contributed by atoms with Gasteiger partial charge in [-0.05, 0) is 40.4 Å². The highest BCUT2D eigenvalue weighted by molar-refractivity contribution is 4.85. The number of rotatable bonds is 7. The van der Waals surface area contributed by atoms with Crippen LogP contribution in [-0.4, -0.2) is 48.3 Å². The van der Waals surface area contributed by atoms with Crippen LogP contribution in [-0.2, 0) is 0 Å². The average molecular weight is 202 g/mol. The van der Waals surface area contributed by atoms with Gasteiger partial charge in [0.15, 0.2) is 0 Å². The van der Waals surface area contributed by atoms with Gasteiger partial charge in [-0.1, -0.05) is 13.8 Å². The van der Waals surface area contributed by atoms with Crippen molar-refractivity contribution in [3.8, 4) is 0 Å². The molecule has 2 N–H and O–H groups in total. The zero-order valence-corrected chi connectivity index (χ0v) is 10.3. The SMILES string of the molecule is CCN(CC)C(C)CC(C)(CO)NC. The third-order valence-electron chi connectivity index (χ3n) is 3.13. The predicted octanol–water partition coefficient (Wildman–Crippen LogP) is 1.08. The van der Waals surface area contributed by atoms with Crippen molar-refractivity contribution in [2.45, 2.75) is 45.7 Å². The topological polar surface area (TPSA) is 35.5 Å². The molecule has 2 unspecified atom stereocenters. The fourth-order valence-electron chi connectivity index (χ4n) is 1.87. The summed E-state index contributed by atoms with van der Waals surface area (Å²) in [6.45, 7) is 11.0. The molecule has 0 aliphatic heterocycles. The smallest absolute Gasteiger partial charge is 0.0611 e. The second-order valence-electron chi connectivity index (χ2n) is 4.24. The molecule has 0 aliphatic rings. The molecule has 14 heavy (non-hydrogen) atoms. The van der Waals surface area contributed by atoms with E-state index in [2.05, 4.69) is 37.9 Å². The Labute approximate surface area is 88.5 Å². The van der Waals surface area contributed by atoms with Gasteiger partial charge in [0.25, 0.3) is 0 Å². The first kappa shape index (κ1) is 13.9. The molecule has 3 nitrogen and oxygen atoms in total. The number of likely N-dealkylation sites (N-methyl/N-ethyl adjacent to an activating group) is 1. The minimum atomic E-state index is -0.151. The van der Waals surface area contributed by atoms with Gasteiger partial charge in [0, 0.05) is 11.6 Å². The first-order valence-electron chi connectivity index (χ1n) is 5.56. The molecule has 0 radical (unpaired) electrons. The molecule has 2 atom stereocenters. The second kappa shape index (κ2) is 6.38. The van der Waals surface area contributed by atoms with Crippen molar-refractivity contribution >= 4 is 0 Å². The summed E-state index contributed by atoms with van der Waals surface area (Å²) in [5, 5.41) is 12.5. The maximum Gasteiger partial charge on any atom is 0.0611 e. The summed E-state index contributed by atoms with van der Waals surface area (Å²) in [5.74, 6) is 0. The standard InChI is InChI=1S/C11H26N2O/c1-6-13(7-2)10(3)8-11(4,9-14)12-5/h10,12,14H,6-9H2,1-5H3. The maximum atomic E-state index is 9.28. The molecule has 0 aromatic carbocycles. The number of nitrogens with one attached hydrogen (secondary N) is 1. The molecule has 0 bridgehead atoms. The van der Waals surface area contributed by atoms with Crippen LogP contribution in [0, 0.1) is 0 Å². The Morgan fingerprint density at radius 1 is 1.36 bits per heavy atom. The lowest BCUT2D eigenvalue weighted by Crippen LogP contribution is -2.49. The molecular formula is C11H26N2O. The monoisotopic (exact) mass is 202 g/mol. The molecule has 0 aromatic rings. The van der Waals surface area contributed by atoms with Crippen molar-refractivity contribution in [2.24, 2.45) is 0 Å². The number of hydrogen-bond acceptors (Lipinski definition) is 3. The minimum Gasteiger partial charge on any atom is -0.394 e. The van der Waals surface area contributed by atoms with Crippen LogP contribution in [0.1, 0.15) is 34.1 Å². The van der Waals surface area contributed by atoms with Gasteiger partial charge < -0.3 is 15.3 Å². The first-order valence-corrected chi connectivity index (χ1v) is 5.56. The molecular weight excluding hydrogens is 176 g/mol. The first-order chi connectivity index (χ1) is 6.52. The highest BCUT2D eigenvalue weighted by atomic mass is 16.3. The van der Waals surface area contributed by atoms with E-state index in [-0.39, 0.29) is 12.1 Å². The highest BCUT2D eigenvalue weighted by Crippen LogP contribution is 2.15. The average Bonchev–Trinajstić information content (AvgIpc) is 2.19. The van der Waals surface area contributed by atoms with Gasteiger partial charge in [-0.15, -0.1) is 0 Å². The van der Waals surface area contributed by atoms with Gasteiger partial charge in [0.2, 0.25) is 0 Å². The van der Waals surface area contributed by atoms with E-state index in [0.29, 0.717) is 6.04 Å². The summed E-state index contributed by atoms with van der Waals surface area (Å²) < 4.78 is 0. The van der Waals surface area contributed by atoms with Crippen LogP contribution < -0.4 is 5.32 Å². The molecule has 0 rings (SSSR count). The van der Waals surface area contributed by atoms with Crippen molar-refractivity contribution in [3.05, 3.63) is 0 Å². The Bertz CT molecular complexity index is 142. The molecule has 0 saturated carbocycles. The van der Waals surface area contributed by atoms with E-state index < -0.39 is 0 Å². The number of nitrogens with zero attached hydrogens (tertiary/aromatic N) is 1. The van der Waals surface area contributed by atoms with Crippen molar-refractivity contribution in [1.29, 1.82) is 0 Å². The molecule has 0 aliphatic carbocycles. The van der Waals surface area contributed by atoms with E-state index in [1.807, 2.05) is 7.05 Å². The van der Waals surface area contributed by atoms with Gasteiger partial charge >= 0.3 is 0 Å². The molecule has 0 spiro atoms. The number of hydrogen-bond donors (Lipinski definition) is 2. The fraction of sp³-hybridized carbons (Fsp3) is 1.00. The Morgan fingerprint density at radius 3 is 2.14 bits per heavy atom. The summed E-state index contributed by atoms with van der Waals surface area (Å²) in [4.78, 5) is 2.41.